The quantitative estimate of drug-likeness (QED) is 0.0235. The summed E-state index contributed by atoms with van der Waals surface area (Å²) in [7, 11) is -5.03. The van der Waals surface area contributed by atoms with E-state index in [1.54, 1.807) is 36.6 Å². The van der Waals surface area contributed by atoms with Gasteiger partial charge in [-0.3, -0.25) is 76.5 Å². The fourth-order valence-corrected chi connectivity index (χ4v) is 9.89. The number of nitrogens with one attached hydrogen (secondary N) is 12. The van der Waals surface area contributed by atoms with Crippen molar-refractivity contribution in [3.05, 3.63) is 83.9 Å². The van der Waals surface area contributed by atoms with Gasteiger partial charge in [-0.05, 0) is 61.5 Å². The van der Waals surface area contributed by atoms with Gasteiger partial charge in [0, 0.05) is 44.0 Å². The van der Waals surface area contributed by atoms with Gasteiger partial charge in [-0.1, -0.05) is 42.5 Å². The van der Waals surface area contributed by atoms with Crippen LogP contribution in [-0.4, -0.2) is 224 Å². The Morgan fingerprint density at radius 1 is 0.646 bits per heavy atom. The van der Waals surface area contributed by atoms with Crippen LogP contribution in [0.5, 0.6) is 5.75 Å². The fourth-order valence-electron chi connectivity index (χ4n) is 9.07. The van der Waals surface area contributed by atoms with Gasteiger partial charge in [-0.2, -0.15) is 20.2 Å². The SMILES string of the molecule is CSCCC(NC(=O)C(Cc1cnc[nH]1)NC(=O)C(CO)NC(=O)CNC(=O)C(NC(=O)C(Cc1ccc(OS(=O)(=O)O)cc1)NC(=O)C(CC(=O)O)NC(=O)C(CCC(N)=O)NC(=O)C1CCC(=O)N1)C(C)O)C(=O)NC(CC(=O)O)C(=O)NC(Cc1ccccc1)C(N)=O. The van der Waals surface area contributed by atoms with Crippen molar-refractivity contribution < 1.29 is 109 Å². The monoisotopic (exact) mass is 1390 g/mol. The second kappa shape index (κ2) is 38.1. The summed E-state index contributed by atoms with van der Waals surface area (Å²) in [4.78, 5) is 204. The molecule has 11 atom stereocenters. The molecular weight excluding hydrogens is 1310 g/mol. The van der Waals surface area contributed by atoms with Crippen molar-refractivity contribution in [2.45, 2.75) is 138 Å². The molecule has 11 unspecified atom stereocenters. The summed E-state index contributed by atoms with van der Waals surface area (Å²) < 4.78 is 36.2. The second-order valence-corrected chi connectivity index (χ2v) is 23.6. The Balaban J connectivity index is 1.51. The maximum atomic E-state index is 14.2. The van der Waals surface area contributed by atoms with Crippen molar-refractivity contribution in [3.8, 4) is 5.75 Å². The highest BCUT2D eigenvalue weighted by Gasteiger charge is 2.38. The van der Waals surface area contributed by atoms with E-state index in [-0.39, 0.29) is 49.1 Å². The minimum Gasteiger partial charge on any atom is -0.481 e. The van der Waals surface area contributed by atoms with Crippen LogP contribution in [0.2, 0.25) is 0 Å². The normalized spacial score (nSPS) is 15.8. The molecule has 40 heteroatoms. The molecule has 3 aromatic rings. The Labute approximate surface area is 550 Å². The highest BCUT2D eigenvalue weighted by atomic mass is 32.3. The van der Waals surface area contributed by atoms with Gasteiger partial charge in [-0.15, -0.1) is 0 Å². The molecule has 38 nitrogen and oxygen atoms in total. The predicted octanol–water partition coefficient (Wildman–Crippen LogP) is -7.80. The molecule has 0 bridgehead atoms. The van der Waals surface area contributed by atoms with Gasteiger partial charge in [0.15, 0.2) is 0 Å². The number of aromatic amines is 1. The number of aliphatic hydroxyl groups is 2. The summed E-state index contributed by atoms with van der Waals surface area (Å²) in [6, 6.07) is -4.37. The molecule has 13 amide bonds. The molecule has 2 heterocycles. The van der Waals surface area contributed by atoms with E-state index in [4.69, 9.17) is 16.0 Å². The van der Waals surface area contributed by atoms with Gasteiger partial charge in [0.25, 0.3) is 0 Å². The van der Waals surface area contributed by atoms with Crippen LogP contribution in [0.3, 0.4) is 0 Å². The van der Waals surface area contributed by atoms with E-state index in [0.29, 0.717) is 5.56 Å². The number of rotatable bonds is 41. The van der Waals surface area contributed by atoms with Crippen LogP contribution >= 0.6 is 11.8 Å². The number of carboxylic acid groups (broad SMARTS) is 2. The lowest BCUT2D eigenvalue weighted by Crippen LogP contribution is -2.61. The number of H-pyrrole nitrogens is 1. The second-order valence-electron chi connectivity index (χ2n) is 21.5. The largest absolute Gasteiger partial charge is 0.481 e. The zero-order chi connectivity index (χ0) is 71.4. The van der Waals surface area contributed by atoms with E-state index in [1.807, 2.05) is 0 Å². The summed E-state index contributed by atoms with van der Waals surface area (Å²) in [5, 5.41) is 65.5. The average molecular weight is 1390 g/mol. The van der Waals surface area contributed by atoms with Crippen LogP contribution in [0.4, 0.5) is 0 Å². The summed E-state index contributed by atoms with van der Waals surface area (Å²) in [5.41, 5.74) is 11.7. The number of aliphatic hydroxyl groups excluding tert-OH is 2. The molecule has 0 spiro atoms. The Bertz CT molecular complexity index is 3400. The average Bonchev–Trinajstić information content (AvgIpc) is 1.16. The van der Waals surface area contributed by atoms with Crippen LogP contribution in [0, 0.1) is 0 Å². The number of aromatic nitrogens is 2. The van der Waals surface area contributed by atoms with E-state index in [2.05, 4.69) is 72.6 Å². The lowest BCUT2D eigenvalue weighted by Gasteiger charge is -2.27. The summed E-state index contributed by atoms with van der Waals surface area (Å²) in [6.45, 7) is -1.21. The van der Waals surface area contributed by atoms with E-state index in [0.717, 1.165) is 31.2 Å². The number of carbonyl (C=O) groups excluding carboxylic acids is 13. The molecule has 21 N–H and O–H groups in total. The number of hydrogen-bond acceptors (Lipinski definition) is 22. The van der Waals surface area contributed by atoms with Crippen LogP contribution in [0.25, 0.3) is 0 Å². The van der Waals surface area contributed by atoms with Crippen LogP contribution in [0.15, 0.2) is 67.1 Å². The fraction of sp³-hybridized carbons (Fsp3) is 0.464. The Morgan fingerprint density at radius 3 is 1.65 bits per heavy atom. The first-order valence-electron chi connectivity index (χ1n) is 29.1. The lowest BCUT2D eigenvalue weighted by atomic mass is 10.0. The number of nitrogens with two attached hydrogens (primary N) is 2. The molecular formula is C56H75N15O23S2. The highest BCUT2D eigenvalue weighted by Crippen LogP contribution is 2.17. The van der Waals surface area contributed by atoms with Crippen molar-refractivity contribution in [1.82, 2.24) is 68.5 Å². The van der Waals surface area contributed by atoms with E-state index < -0.39 is 217 Å². The first kappa shape index (κ1) is 78.1. The molecule has 2 aromatic carbocycles. The number of aliphatic carboxylic acids is 2. The van der Waals surface area contributed by atoms with Crippen molar-refractivity contribution in [1.29, 1.82) is 0 Å². The molecule has 4 rings (SSSR count). The highest BCUT2D eigenvalue weighted by molar-refractivity contribution is 7.98. The third-order valence-corrected chi connectivity index (χ3v) is 15.0. The zero-order valence-electron chi connectivity index (χ0n) is 51.4. The van der Waals surface area contributed by atoms with Crippen molar-refractivity contribution in [2.24, 2.45) is 11.5 Å². The minimum absolute atomic E-state index is 0.0295. The van der Waals surface area contributed by atoms with Crippen LogP contribution in [0.1, 0.15) is 68.7 Å². The summed E-state index contributed by atoms with van der Waals surface area (Å²) in [6.07, 6.45) is -2.06. The molecule has 96 heavy (non-hydrogen) atoms. The standard InChI is InChI=1S/C56H75N15O23S2/c1-27(73)46(71-54(88)36(19-29-8-10-31(11-9-29)94-96(91,92)93)67-53(87)39(22-45(79)80)69-49(83)33(12-14-41(57)74)64-48(82)32-13-15-42(75)62-32)56(90)60-24-43(76)63-40(25-72)55(89)68-37(20-30-23-59-26-61-30)51(85)65-34(16-17-95-2)50(84)70-38(21-44(77)78)52(86)66-35(47(58)81)18-28-6-4-3-5-7-28/h3-11,23,26-27,32-40,46,72-73H,12-22,24-25H2,1-2H3,(H2,57,74)(H2,58,81)(H,59,61)(H,60,90)(H,62,75)(H,63,76)(H,64,82)(H,65,85)(H,66,86)(H,67,87)(H,68,89)(H,69,83)(H,70,84)(H,71,88)(H,77,78)(H,79,80)(H,91,92,93). The number of carbonyl (C=O) groups is 15. The van der Waals surface area contributed by atoms with E-state index >= 15 is 0 Å². The molecule has 1 saturated heterocycles. The van der Waals surface area contributed by atoms with E-state index in [1.165, 1.54) is 24.3 Å². The number of carboxylic acids is 2. The first-order valence-corrected chi connectivity index (χ1v) is 31.9. The number of imidazole rings is 1. The Morgan fingerprint density at radius 2 is 1.15 bits per heavy atom. The van der Waals surface area contributed by atoms with Gasteiger partial charge in [0.1, 0.15) is 66.2 Å². The zero-order valence-corrected chi connectivity index (χ0v) is 53.0. The maximum Gasteiger partial charge on any atom is 0.446 e. The molecule has 524 valence electrons. The molecule has 1 aliphatic rings. The number of hydrogen-bond donors (Lipinski definition) is 19. The molecule has 1 fully saturated rings. The van der Waals surface area contributed by atoms with Gasteiger partial charge in [0.2, 0.25) is 76.8 Å². The van der Waals surface area contributed by atoms with E-state index in [9.17, 15) is 101 Å². The third-order valence-electron chi connectivity index (χ3n) is 14.0. The molecule has 0 saturated carbocycles. The summed E-state index contributed by atoms with van der Waals surface area (Å²) >= 11 is 1.23. The number of primary amides is 2. The predicted molar refractivity (Wildman–Crippen MR) is 330 cm³/mol. The van der Waals surface area contributed by atoms with Crippen molar-refractivity contribution in [3.63, 3.8) is 0 Å². The van der Waals surface area contributed by atoms with Gasteiger partial charge in [0.05, 0.1) is 38.4 Å². The number of thioether (sulfide) groups is 1. The van der Waals surface area contributed by atoms with Crippen molar-refractivity contribution in [2.75, 3.05) is 25.2 Å². The maximum absolute atomic E-state index is 14.2. The molecule has 0 radical (unpaired) electrons. The Kier molecular flexibility index (Phi) is 31.0. The lowest BCUT2D eigenvalue weighted by molar-refractivity contribution is -0.142. The smallest absolute Gasteiger partial charge is 0.446 e. The Hall–Kier alpha value is -10.3. The molecule has 0 aliphatic carbocycles. The number of nitrogens with zero attached hydrogens (tertiary/aromatic N) is 1. The molecule has 1 aliphatic heterocycles. The first-order chi connectivity index (χ1) is 45.2. The van der Waals surface area contributed by atoms with Crippen molar-refractivity contribution >= 4 is 111 Å². The minimum atomic E-state index is -5.03. The van der Waals surface area contributed by atoms with Gasteiger partial charge >= 0.3 is 22.3 Å². The van der Waals surface area contributed by atoms with Crippen LogP contribution < -0.4 is 74.1 Å². The van der Waals surface area contributed by atoms with Gasteiger partial charge in [-0.25, -0.2) is 4.98 Å². The van der Waals surface area contributed by atoms with Gasteiger partial charge < -0.3 is 99.5 Å². The topological polar surface area (TPSA) is 614 Å². The molecule has 1 aromatic heterocycles. The third kappa shape index (κ3) is 27.3. The number of amides is 13. The summed E-state index contributed by atoms with van der Waals surface area (Å²) in [5.74, 6) is -17.6. The number of benzene rings is 2. The van der Waals surface area contributed by atoms with Crippen LogP contribution in [-0.2, 0) is 102 Å².